The summed E-state index contributed by atoms with van der Waals surface area (Å²) in [6, 6.07) is 0.715. The lowest BCUT2D eigenvalue weighted by atomic mass is 9.84. The summed E-state index contributed by atoms with van der Waals surface area (Å²) in [5, 5.41) is 7.26. The van der Waals surface area contributed by atoms with E-state index in [0.717, 1.165) is 30.8 Å². The lowest BCUT2D eigenvalue weighted by molar-refractivity contribution is 0.259. The Labute approximate surface area is 107 Å². The van der Waals surface area contributed by atoms with E-state index in [0.29, 0.717) is 6.04 Å². The molecule has 0 spiro atoms. The Bertz CT molecular complexity index is 244. The topological polar surface area (TPSA) is 24.1 Å². The average Bonchev–Trinajstić information content (AvgIpc) is 2.84. The van der Waals surface area contributed by atoms with Gasteiger partial charge in [0.05, 0.1) is 0 Å². The third-order valence-corrected chi connectivity index (χ3v) is 4.68. The first-order valence-corrected chi connectivity index (χ1v) is 7.44. The summed E-state index contributed by atoms with van der Waals surface area (Å²) in [5.41, 5.74) is 0.247. The predicted octanol–water partition coefficient (Wildman–Crippen LogP) is 2.79. The largest absolute Gasteiger partial charge is 0.313 e. The van der Waals surface area contributed by atoms with Gasteiger partial charge in [0, 0.05) is 24.7 Å². The number of rotatable bonds is 5. The van der Waals surface area contributed by atoms with E-state index in [1.54, 1.807) is 0 Å². The highest BCUT2D eigenvalue weighted by Crippen LogP contribution is 2.49. The molecule has 0 aromatic carbocycles. The quantitative estimate of drug-likeness (QED) is 0.720. The van der Waals surface area contributed by atoms with E-state index in [1.165, 1.54) is 25.7 Å². The monoisotopic (exact) mass is 238 g/mol. The summed E-state index contributed by atoms with van der Waals surface area (Å²) in [4.78, 5) is 0. The first-order valence-electron chi connectivity index (χ1n) is 7.44. The number of hydrogen-bond donors (Lipinski definition) is 2. The molecule has 0 aromatic rings. The number of fused-ring (bicyclic) bond motifs is 2. The molecule has 4 unspecified atom stereocenters. The van der Waals surface area contributed by atoms with Gasteiger partial charge in [0.2, 0.25) is 0 Å². The molecule has 0 aliphatic heterocycles. The van der Waals surface area contributed by atoms with Crippen LogP contribution in [0.3, 0.4) is 0 Å². The van der Waals surface area contributed by atoms with Crippen LogP contribution < -0.4 is 10.6 Å². The molecule has 4 atom stereocenters. The van der Waals surface area contributed by atoms with Gasteiger partial charge in [-0.05, 0) is 64.7 Å². The Morgan fingerprint density at radius 3 is 2.41 bits per heavy atom. The van der Waals surface area contributed by atoms with Crippen molar-refractivity contribution in [2.24, 2.45) is 17.8 Å². The highest BCUT2D eigenvalue weighted by atomic mass is 15.0. The van der Waals surface area contributed by atoms with Crippen LogP contribution in [0.2, 0.25) is 0 Å². The average molecular weight is 238 g/mol. The summed E-state index contributed by atoms with van der Waals surface area (Å²) in [6.45, 7) is 11.3. The van der Waals surface area contributed by atoms with Crippen molar-refractivity contribution in [2.45, 2.75) is 65.0 Å². The third kappa shape index (κ3) is 3.69. The minimum Gasteiger partial charge on any atom is -0.313 e. The molecule has 2 nitrogen and oxygen atoms in total. The molecule has 17 heavy (non-hydrogen) atoms. The third-order valence-electron chi connectivity index (χ3n) is 4.68. The molecule has 0 aromatic heterocycles. The van der Waals surface area contributed by atoms with E-state index in [4.69, 9.17) is 0 Å². The van der Waals surface area contributed by atoms with Gasteiger partial charge in [0.15, 0.2) is 0 Å². The van der Waals surface area contributed by atoms with Gasteiger partial charge in [-0.25, -0.2) is 0 Å². The van der Waals surface area contributed by atoms with E-state index >= 15 is 0 Å². The Kier molecular flexibility index (Phi) is 4.14. The molecule has 0 amide bonds. The molecule has 0 radical (unpaired) electrons. The predicted molar refractivity (Wildman–Crippen MR) is 74.2 cm³/mol. The Balaban J connectivity index is 1.63. The van der Waals surface area contributed by atoms with Gasteiger partial charge in [0.25, 0.3) is 0 Å². The van der Waals surface area contributed by atoms with Crippen molar-refractivity contribution in [3.8, 4) is 0 Å². The Morgan fingerprint density at radius 2 is 1.88 bits per heavy atom. The van der Waals surface area contributed by atoms with Gasteiger partial charge in [-0.15, -0.1) is 0 Å². The fraction of sp³-hybridized carbons (Fsp3) is 1.00. The molecule has 0 heterocycles. The van der Waals surface area contributed by atoms with Crippen LogP contribution in [0, 0.1) is 17.8 Å². The lowest BCUT2D eigenvalue weighted by Gasteiger charge is -2.29. The Morgan fingerprint density at radius 1 is 1.12 bits per heavy atom. The second-order valence-electron chi connectivity index (χ2n) is 7.26. The molecule has 2 saturated carbocycles. The number of nitrogens with one attached hydrogen (secondary N) is 2. The summed E-state index contributed by atoms with van der Waals surface area (Å²) in [6.07, 6.45) is 6.03. The van der Waals surface area contributed by atoms with Crippen LogP contribution in [-0.4, -0.2) is 24.7 Å². The molecular weight excluding hydrogens is 208 g/mol. The zero-order valence-corrected chi connectivity index (χ0v) is 12.1. The second kappa shape index (κ2) is 5.27. The normalized spacial score (nSPS) is 34.2. The van der Waals surface area contributed by atoms with Gasteiger partial charge in [0.1, 0.15) is 0 Å². The molecule has 0 saturated heterocycles. The van der Waals surface area contributed by atoms with Crippen molar-refractivity contribution in [1.29, 1.82) is 0 Å². The van der Waals surface area contributed by atoms with Crippen molar-refractivity contribution in [2.75, 3.05) is 13.1 Å². The molecule has 2 rings (SSSR count). The van der Waals surface area contributed by atoms with Crippen molar-refractivity contribution in [3.63, 3.8) is 0 Å². The fourth-order valence-electron chi connectivity index (χ4n) is 3.80. The van der Waals surface area contributed by atoms with E-state index in [-0.39, 0.29) is 5.54 Å². The molecule has 100 valence electrons. The van der Waals surface area contributed by atoms with E-state index in [9.17, 15) is 0 Å². The van der Waals surface area contributed by atoms with Crippen molar-refractivity contribution >= 4 is 0 Å². The van der Waals surface area contributed by atoms with Gasteiger partial charge < -0.3 is 10.6 Å². The van der Waals surface area contributed by atoms with Crippen molar-refractivity contribution in [1.82, 2.24) is 10.6 Å². The highest BCUT2D eigenvalue weighted by molar-refractivity contribution is 4.94. The minimum absolute atomic E-state index is 0.247. The van der Waals surface area contributed by atoms with Crippen molar-refractivity contribution < 1.29 is 0 Å². The van der Waals surface area contributed by atoms with Gasteiger partial charge in [-0.1, -0.05) is 6.42 Å². The maximum atomic E-state index is 3.72. The molecule has 2 fully saturated rings. The number of hydrogen-bond acceptors (Lipinski definition) is 2. The first-order chi connectivity index (χ1) is 7.96. The first kappa shape index (κ1) is 13.4. The SMILES string of the molecule is CC(NCCNC(C)(C)C)C1CC2CCC1C2. The standard InChI is InChI=1S/C15H30N2/c1-11(16-7-8-17-15(2,3)4)14-10-12-5-6-13(14)9-12/h11-14,16-17H,5-10H2,1-4H3. The van der Waals surface area contributed by atoms with Crippen LogP contribution in [0.5, 0.6) is 0 Å². The second-order valence-corrected chi connectivity index (χ2v) is 7.26. The summed E-state index contributed by atoms with van der Waals surface area (Å²) in [5.74, 6) is 3.07. The zero-order chi connectivity index (χ0) is 12.5. The van der Waals surface area contributed by atoms with Gasteiger partial charge >= 0.3 is 0 Å². The van der Waals surface area contributed by atoms with Crippen LogP contribution in [-0.2, 0) is 0 Å². The smallest absolute Gasteiger partial charge is 0.00970 e. The van der Waals surface area contributed by atoms with Crippen LogP contribution >= 0.6 is 0 Å². The van der Waals surface area contributed by atoms with Crippen LogP contribution in [0.4, 0.5) is 0 Å². The zero-order valence-electron chi connectivity index (χ0n) is 12.1. The lowest BCUT2D eigenvalue weighted by Crippen LogP contribution is -2.44. The highest BCUT2D eigenvalue weighted by Gasteiger charge is 2.41. The maximum Gasteiger partial charge on any atom is 0.00970 e. The molecule has 2 heteroatoms. The minimum atomic E-state index is 0.247. The van der Waals surface area contributed by atoms with E-state index in [2.05, 4.69) is 38.3 Å². The molecule has 2 aliphatic rings. The van der Waals surface area contributed by atoms with Gasteiger partial charge in [-0.3, -0.25) is 0 Å². The molecule has 2 aliphatic carbocycles. The van der Waals surface area contributed by atoms with Crippen LogP contribution in [0.15, 0.2) is 0 Å². The van der Waals surface area contributed by atoms with Crippen LogP contribution in [0.25, 0.3) is 0 Å². The van der Waals surface area contributed by atoms with Crippen molar-refractivity contribution in [3.05, 3.63) is 0 Å². The Hall–Kier alpha value is -0.0800. The summed E-state index contributed by atoms with van der Waals surface area (Å²) < 4.78 is 0. The van der Waals surface area contributed by atoms with E-state index in [1.807, 2.05) is 0 Å². The summed E-state index contributed by atoms with van der Waals surface area (Å²) >= 11 is 0. The maximum absolute atomic E-state index is 3.72. The fourth-order valence-corrected chi connectivity index (χ4v) is 3.80. The molecule has 2 bridgehead atoms. The van der Waals surface area contributed by atoms with E-state index < -0.39 is 0 Å². The molecule has 2 N–H and O–H groups in total. The summed E-state index contributed by atoms with van der Waals surface area (Å²) in [7, 11) is 0. The van der Waals surface area contributed by atoms with Crippen LogP contribution in [0.1, 0.15) is 53.4 Å². The molecular formula is C15H30N2. The van der Waals surface area contributed by atoms with Gasteiger partial charge in [-0.2, -0.15) is 0 Å².